The third-order valence-electron chi connectivity index (χ3n) is 3.41. The SMILES string of the molecule is Fc1ncccc1-c1c[nH]c2ncc(-c3ccncc3)nc12. The lowest BCUT2D eigenvalue weighted by molar-refractivity contribution is 0.588. The number of hydrogen-bond acceptors (Lipinski definition) is 4. The average Bonchev–Trinajstić information content (AvgIpc) is 2.99. The van der Waals surface area contributed by atoms with Crippen molar-refractivity contribution >= 4 is 11.2 Å². The van der Waals surface area contributed by atoms with Gasteiger partial charge in [-0.1, -0.05) is 0 Å². The summed E-state index contributed by atoms with van der Waals surface area (Å²) < 4.78 is 13.9. The summed E-state index contributed by atoms with van der Waals surface area (Å²) in [5.74, 6) is -0.528. The third-order valence-corrected chi connectivity index (χ3v) is 3.41. The highest BCUT2D eigenvalue weighted by molar-refractivity contribution is 5.91. The fraction of sp³-hybridized carbons (Fsp3) is 0. The van der Waals surface area contributed by atoms with Crippen molar-refractivity contribution in [2.75, 3.05) is 0 Å². The molecule has 0 amide bonds. The maximum atomic E-state index is 13.9. The Labute approximate surface area is 124 Å². The van der Waals surface area contributed by atoms with Gasteiger partial charge in [0, 0.05) is 41.5 Å². The Hall–Kier alpha value is -3.15. The molecule has 4 aromatic heterocycles. The Morgan fingerprint density at radius 1 is 0.955 bits per heavy atom. The van der Waals surface area contributed by atoms with E-state index in [0.717, 1.165) is 5.56 Å². The van der Waals surface area contributed by atoms with E-state index in [9.17, 15) is 4.39 Å². The second kappa shape index (κ2) is 5.00. The van der Waals surface area contributed by atoms with Crippen molar-refractivity contribution in [2.45, 2.75) is 0 Å². The van der Waals surface area contributed by atoms with Crippen LogP contribution in [0.3, 0.4) is 0 Å². The number of nitrogens with one attached hydrogen (secondary N) is 1. The maximum Gasteiger partial charge on any atom is 0.220 e. The number of H-pyrrole nitrogens is 1. The molecule has 0 spiro atoms. The van der Waals surface area contributed by atoms with Crippen LogP contribution in [0, 0.1) is 5.95 Å². The van der Waals surface area contributed by atoms with E-state index >= 15 is 0 Å². The van der Waals surface area contributed by atoms with Crippen LogP contribution in [0.2, 0.25) is 0 Å². The number of rotatable bonds is 2. The molecule has 5 nitrogen and oxygen atoms in total. The molecular formula is C16H10FN5. The Bertz CT molecular complexity index is 949. The molecule has 1 N–H and O–H groups in total. The van der Waals surface area contributed by atoms with Crippen molar-refractivity contribution in [3.8, 4) is 22.4 Å². The Kier molecular flexibility index (Phi) is 2.86. The molecule has 0 atom stereocenters. The monoisotopic (exact) mass is 291 g/mol. The lowest BCUT2D eigenvalue weighted by Gasteiger charge is -2.02. The quantitative estimate of drug-likeness (QED) is 0.576. The number of pyridine rings is 2. The van der Waals surface area contributed by atoms with Crippen LogP contribution in [0.15, 0.2) is 55.2 Å². The van der Waals surface area contributed by atoms with E-state index in [1.54, 1.807) is 36.9 Å². The van der Waals surface area contributed by atoms with Gasteiger partial charge in [0.25, 0.3) is 0 Å². The second-order valence-electron chi connectivity index (χ2n) is 4.73. The van der Waals surface area contributed by atoms with E-state index in [0.29, 0.717) is 28.0 Å². The number of aromatic nitrogens is 5. The van der Waals surface area contributed by atoms with Crippen molar-refractivity contribution in [3.05, 3.63) is 61.2 Å². The summed E-state index contributed by atoms with van der Waals surface area (Å²) in [6.45, 7) is 0. The fourth-order valence-electron chi connectivity index (χ4n) is 2.35. The topological polar surface area (TPSA) is 67.3 Å². The molecule has 4 rings (SSSR count). The minimum atomic E-state index is -0.528. The van der Waals surface area contributed by atoms with Crippen molar-refractivity contribution in [2.24, 2.45) is 0 Å². The maximum absolute atomic E-state index is 13.9. The summed E-state index contributed by atoms with van der Waals surface area (Å²) >= 11 is 0. The summed E-state index contributed by atoms with van der Waals surface area (Å²) in [4.78, 5) is 19.6. The van der Waals surface area contributed by atoms with Crippen LogP contribution in [0.1, 0.15) is 0 Å². The zero-order chi connectivity index (χ0) is 14.9. The summed E-state index contributed by atoms with van der Waals surface area (Å²) in [6, 6.07) is 7.07. The van der Waals surface area contributed by atoms with Crippen molar-refractivity contribution < 1.29 is 4.39 Å². The molecule has 4 heterocycles. The summed E-state index contributed by atoms with van der Waals surface area (Å²) in [7, 11) is 0. The minimum absolute atomic E-state index is 0.398. The molecule has 0 aliphatic rings. The zero-order valence-electron chi connectivity index (χ0n) is 11.4. The highest BCUT2D eigenvalue weighted by Gasteiger charge is 2.14. The predicted molar refractivity (Wildman–Crippen MR) is 80.3 cm³/mol. The van der Waals surface area contributed by atoms with Crippen LogP contribution in [0.4, 0.5) is 4.39 Å². The van der Waals surface area contributed by atoms with Gasteiger partial charge in [-0.3, -0.25) is 4.98 Å². The van der Waals surface area contributed by atoms with E-state index in [4.69, 9.17) is 0 Å². The lowest BCUT2D eigenvalue weighted by atomic mass is 10.1. The molecule has 0 aromatic carbocycles. The van der Waals surface area contributed by atoms with Crippen LogP contribution in [-0.2, 0) is 0 Å². The minimum Gasteiger partial charge on any atom is -0.344 e. The number of halogens is 1. The van der Waals surface area contributed by atoms with Gasteiger partial charge in [0.2, 0.25) is 5.95 Å². The standard InChI is InChI=1S/C16H10FN5/c17-15-11(2-1-5-19-15)12-8-20-16-14(12)22-13(9-21-16)10-3-6-18-7-4-10/h1-9H,(H,20,21). The van der Waals surface area contributed by atoms with Crippen molar-refractivity contribution in [3.63, 3.8) is 0 Å². The highest BCUT2D eigenvalue weighted by Crippen LogP contribution is 2.29. The Morgan fingerprint density at radius 3 is 2.64 bits per heavy atom. The first-order chi connectivity index (χ1) is 10.8. The van der Waals surface area contributed by atoms with E-state index < -0.39 is 5.95 Å². The van der Waals surface area contributed by atoms with Gasteiger partial charge in [-0.15, -0.1) is 0 Å². The molecule has 0 saturated carbocycles. The normalized spacial score (nSPS) is 11.0. The number of nitrogens with zero attached hydrogens (tertiary/aromatic N) is 4. The highest BCUT2D eigenvalue weighted by atomic mass is 19.1. The van der Waals surface area contributed by atoms with Crippen molar-refractivity contribution in [1.82, 2.24) is 24.9 Å². The van der Waals surface area contributed by atoms with E-state index in [2.05, 4.69) is 24.9 Å². The molecule has 0 bridgehead atoms. The van der Waals surface area contributed by atoms with Gasteiger partial charge in [-0.2, -0.15) is 4.39 Å². The van der Waals surface area contributed by atoms with Crippen LogP contribution in [-0.4, -0.2) is 24.9 Å². The molecule has 0 radical (unpaired) electrons. The molecule has 0 aliphatic carbocycles. The molecular weight excluding hydrogens is 281 g/mol. The van der Waals surface area contributed by atoms with E-state index in [1.165, 1.54) is 6.20 Å². The van der Waals surface area contributed by atoms with Gasteiger partial charge in [0.05, 0.1) is 11.9 Å². The zero-order valence-corrected chi connectivity index (χ0v) is 11.4. The largest absolute Gasteiger partial charge is 0.344 e. The van der Waals surface area contributed by atoms with Crippen LogP contribution < -0.4 is 0 Å². The predicted octanol–water partition coefficient (Wildman–Crippen LogP) is 3.22. The Morgan fingerprint density at radius 2 is 1.82 bits per heavy atom. The molecule has 22 heavy (non-hydrogen) atoms. The third kappa shape index (κ3) is 2.01. The van der Waals surface area contributed by atoms with Gasteiger partial charge >= 0.3 is 0 Å². The number of aromatic amines is 1. The van der Waals surface area contributed by atoms with Crippen LogP contribution >= 0.6 is 0 Å². The summed E-state index contributed by atoms with van der Waals surface area (Å²) in [6.07, 6.45) is 8.18. The molecule has 0 fully saturated rings. The average molecular weight is 291 g/mol. The van der Waals surface area contributed by atoms with Crippen LogP contribution in [0.25, 0.3) is 33.5 Å². The molecule has 0 saturated heterocycles. The molecule has 106 valence electrons. The molecule has 0 aliphatic heterocycles. The summed E-state index contributed by atoms with van der Waals surface area (Å²) in [5, 5.41) is 0. The van der Waals surface area contributed by atoms with Crippen molar-refractivity contribution in [1.29, 1.82) is 0 Å². The van der Waals surface area contributed by atoms with Gasteiger partial charge in [-0.05, 0) is 24.3 Å². The summed E-state index contributed by atoms with van der Waals surface area (Å²) in [5.41, 5.74) is 3.87. The van der Waals surface area contributed by atoms with E-state index in [1.807, 2.05) is 12.1 Å². The van der Waals surface area contributed by atoms with Gasteiger partial charge in [0.1, 0.15) is 5.52 Å². The van der Waals surface area contributed by atoms with E-state index in [-0.39, 0.29) is 0 Å². The molecule has 4 aromatic rings. The molecule has 0 unspecified atom stereocenters. The number of hydrogen-bond donors (Lipinski definition) is 1. The van der Waals surface area contributed by atoms with Gasteiger partial charge < -0.3 is 4.98 Å². The van der Waals surface area contributed by atoms with Crippen LogP contribution in [0.5, 0.6) is 0 Å². The lowest BCUT2D eigenvalue weighted by Crippen LogP contribution is -1.90. The Balaban J connectivity index is 1.93. The van der Waals surface area contributed by atoms with Gasteiger partial charge in [0.15, 0.2) is 5.65 Å². The first-order valence-corrected chi connectivity index (χ1v) is 6.68. The first kappa shape index (κ1) is 12.6. The second-order valence-corrected chi connectivity index (χ2v) is 4.73. The number of fused-ring (bicyclic) bond motifs is 1. The fourth-order valence-corrected chi connectivity index (χ4v) is 2.35. The van der Waals surface area contributed by atoms with Gasteiger partial charge in [-0.25, -0.2) is 15.0 Å². The smallest absolute Gasteiger partial charge is 0.220 e. The molecule has 6 heteroatoms. The first-order valence-electron chi connectivity index (χ1n) is 6.68.